The van der Waals surface area contributed by atoms with Gasteiger partial charge in [-0.1, -0.05) is 147 Å². The fourth-order valence-electron chi connectivity index (χ4n) is 7.60. The van der Waals surface area contributed by atoms with Crippen molar-refractivity contribution in [1.82, 2.24) is 0 Å². The maximum atomic E-state index is 6.60. The second-order valence-corrected chi connectivity index (χ2v) is 17.2. The van der Waals surface area contributed by atoms with E-state index in [4.69, 9.17) is 4.42 Å². The first-order chi connectivity index (χ1) is 23.1. The maximum Gasteiger partial charge on any atom is 0.143 e. The lowest BCUT2D eigenvalue weighted by molar-refractivity contribution is 0.670. The minimum atomic E-state index is -2.07. The van der Waals surface area contributed by atoms with Crippen molar-refractivity contribution in [3.8, 4) is 33.4 Å². The first-order valence-corrected chi connectivity index (χ1v) is 19.3. The maximum absolute atomic E-state index is 6.60. The Bertz CT molecular complexity index is 2360. The third-order valence-electron chi connectivity index (χ3n) is 9.88. The number of para-hydroxylation sites is 3. The molecule has 0 atom stereocenters. The smallest absolute Gasteiger partial charge is 0.143 e. The standard InChI is InChI=1S/C44H33NOSi/c1-47(2)41-28-27-36-35-21-11-14-24-40(35)46-44(36)43(41)37-26-25-32(29-42(37)47)45(38-22-12-9-19-33(38)30-15-5-3-6-16-30)39-23-13-10-20-34(39)31-17-7-4-8-18-31/h3-29H,1-2H3. The summed E-state index contributed by atoms with van der Waals surface area (Å²) >= 11 is 0. The van der Waals surface area contributed by atoms with E-state index in [9.17, 15) is 0 Å². The summed E-state index contributed by atoms with van der Waals surface area (Å²) in [5.41, 5.74) is 12.8. The molecule has 2 heterocycles. The molecule has 0 saturated carbocycles. The number of hydrogen-bond donors (Lipinski definition) is 0. The lowest BCUT2D eigenvalue weighted by Crippen LogP contribution is -2.49. The van der Waals surface area contributed by atoms with Gasteiger partial charge in [-0.15, -0.1) is 0 Å². The molecule has 0 unspecified atom stereocenters. The highest BCUT2D eigenvalue weighted by Crippen LogP contribution is 2.46. The van der Waals surface area contributed by atoms with Gasteiger partial charge in [-0.2, -0.15) is 0 Å². The molecule has 0 N–H and O–H groups in total. The van der Waals surface area contributed by atoms with Crippen molar-refractivity contribution in [2.75, 3.05) is 4.90 Å². The van der Waals surface area contributed by atoms with Gasteiger partial charge in [0.05, 0.1) is 11.4 Å². The SMILES string of the molecule is C[Si]1(C)c2cc(N(c3ccccc3-c3ccccc3)c3ccccc3-c3ccccc3)ccc2-c2c1ccc1c2oc2ccccc21. The summed E-state index contributed by atoms with van der Waals surface area (Å²) in [6, 6.07) is 59.2. The Kier molecular flexibility index (Phi) is 6.31. The van der Waals surface area contributed by atoms with Crippen LogP contribution in [-0.4, -0.2) is 8.07 Å². The molecule has 0 aliphatic carbocycles. The molecule has 224 valence electrons. The minimum absolute atomic E-state index is 0.946. The van der Waals surface area contributed by atoms with Crippen LogP contribution in [0.3, 0.4) is 0 Å². The van der Waals surface area contributed by atoms with Crippen LogP contribution in [0.2, 0.25) is 13.1 Å². The van der Waals surface area contributed by atoms with Gasteiger partial charge in [-0.3, -0.25) is 0 Å². The van der Waals surface area contributed by atoms with E-state index >= 15 is 0 Å². The Morgan fingerprint density at radius 1 is 0.468 bits per heavy atom. The normalized spacial score (nSPS) is 13.1. The van der Waals surface area contributed by atoms with Crippen LogP contribution in [0.4, 0.5) is 17.1 Å². The summed E-state index contributed by atoms with van der Waals surface area (Å²) in [7, 11) is -2.07. The molecule has 9 rings (SSSR count). The van der Waals surface area contributed by atoms with Gasteiger partial charge >= 0.3 is 0 Å². The van der Waals surface area contributed by atoms with Crippen LogP contribution in [0.5, 0.6) is 0 Å². The van der Waals surface area contributed by atoms with Crippen LogP contribution in [-0.2, 0) is 0 Å². The Hall–Kier alpha value is -5.64. The van der Waals surface area contributed by atoms with E-state index in [1.165, 1.54) is 54.5 Å². The monoisotopic (exact) mass is 619 g/mol. The third-order valence-corrected chi connectivity index (χ3v) is 13.4. The minimum Gasteiger partial charge on any atom is -0.455 e. The van der Waals surface area contributed by atoms with Gasteiger partial charge in [0.25, 0.3) is 0 Å². The van der Waals surface area contributed by atoms with Crippen molar-refractivity contribution in [1.29, 1.82) is 0 Å². The molecule has 8 aromatic rings. The number of rotatable bonds is 5. The van der Waals surface area contributed by atoms with E-state index in [0.29, 0.717) is 0 Å². The van der Waals surface area contributed by atoms with Gasteiger partial charge in [0.1, 0.15) is 19.2 Å². The first kappa shape index (κ1) is 27.6. The predicted molar refractivity (Wildman–Crippen MR) is 201 cm³/mol. The molecular weight excluding hydrogens is 587 g/mol. The number of hydrogen-bond acceptors (Lipinski definition) is 2. The highest BCUT2D eigenvalue weighted by molar-refractivity contribution is 7.04. The number of nitrogens with zero attached hydrogens (tertiary/aromatic N) is 1. The van der Waals surface area contributed by atoms with Gasteiger partial charge in [-0.05, 0) is 57.4 Å². The zero-order valence-electron chi connectivity index (χ0n) is 26.4. The Balaban J connectivity index is 1.30. The second kappa shape index (κ2) is 10.7. The quantitative estimate of drug-likeness (QED) is 0.178. The molecule has 0 amide bonds. The number of furan rings is 1. The number of anilines is 3. The molecule has 2 nitrogen and oxygen atoms in total. The Labute approximate surface area is 276 Å². The third kappa shape index (κ3) is 4.31. The van der Waals surface area contributed by atoms with Crippen LogP contribution in [0.1, 0.15) is 0 Å². The van der Waals surface area contributed by atoms with Gasteiger partial charge in [0, 0.05) is 33.2 Å². The lowest BCUT2D eigenvalue weighted by Gasteiger charge is -2.31. The summed E-state index contributed by atoms with van der Waals surface area (Å²) in [6.45, 7) is 4.96. The predicted octanol–water partition coefficient (Wildman–Crippen LogP) is 11.2. The van der Waals surface area contributed by atoms with Crippen molar-refractivity contribution in [2.45, 2.75) is 13.1 Å². The zero-order chi connectivity index (χ0) is 31.5. The number of benzene rings is 7. The molecule has 0 radical (unpaired) electrons. The van der Waals surface area contributed by atoms with Gasteiger partial charge in [0.15, 0.2) is 0 Å². The van der Waals surface area contributed by atoms with Crippen LogP contribution >= 0.6 is 0 Å². The Morgan fingerprint density at radius 2 is 1.04 bits per heavy atom. The second-order valence-electron chi connectivity index (χ2n) is 12.9. The largest absolute Gasteiger partial charge is 0.455 e. The first-order valence-electron chi connectivity index (χ1n) is 16.3. The lowest BCUT2D eigenvalue weighted by atomic mass is 9.98. The molecule has 3 heteroatoms. The molecule has 0 bridgehead atoms. The zero-order valence-corrected chi connectivity index (χ0v) is 27.4. The van der Waals surface area contributed by atoms with Crippen molar-refractivity contribution >= 4 is 57.4 Å². The van der Waals surface area contributed by atoms with E-state index < -0.39 is 8.07 Å². The Morgan fingerprint density at radius 3 is 1.70 bits per heavy atom. The van der Waals surface area contributed by atoms with Gasteiger partial charge in [-0.25, -0.2) is 0 Å². The van der Waals surface area contributed by atoms with Gasteiger partial charge in [0.2, 0.25) is 0 Å². The highest BCUT2D eigenvalue weighted by Gasteiger charge is 2.40. The van der Waals surface area contributed by atoms with Crippen LogP contribution < -0.4 is 15.3 Å². The van der Waals surface area contributed by atoms with E-state index in [-0.39, 0.29) is 0 Å². The average Bonchev–Trinajstić information content (AvgIpc) is 3.62. The highest BCUT2D eigenvalue weighted by atomic mass is 28.3. The van der Waals surface area contributed by atoms with Crippen molar-refractivity contribution in [2.24, 2.45) is 0 Å². The van der Waals surface area contributed by atoms with Gasteiger partial charge < -0.3 is 9.32 Å². The van der Waals surface area contributed by atoms with Crippen LogP contribution in [0, 0.1) is 0 Å². The molecule has 1 aromatic heterocycles. The summed E-state index contributed by atoms with van der Waals surface area (Å²) in [4.78, 5) is 2.47. The number of fused-ring (bicyclic) bond motifs is 7. The molecule has 0 spiro atoms. The fourth-order valence-corrected chi connectivity index (χ4v) is 10.7. The fraction of sp³-hybridized carbons (Fsp3) is 0.0455. The van der Waals surface area contributed by atoms with E-state index in [1.807, 2.05) is 0 Å². The summed E-state index contributed by atoms with van der Waals surface area (Å²) < 4.78 is 6.60. The van der Waals surface area contributed by atoms with Crippen LogP contribution in [0.15, 0.2) is 168 Å². The summed E-state index contributed by atoms with van der Waals surface area (Å²) in [5.74, 6) is 0. The molecule has 0 fully saturated rings. The van der Waals surface area contributed by atoms with Crippen molar-refractivity contribution < 1.29 is 4.42 Å². The van der Waals surface area contributed by atoms with E-state index in [2.05, 4.69) is 182 Å². The van der Waals surface area contributed by atoms with Crippen molar-refractivity contribution in [3.63, 3.8) is 0 Å². The topological polar surface area (TPSA) is 16.4 Å². The molecule has 47 heavy (non-hydrogen) atoms. The summed E-state index contributed by atoms with van der Waals surface area (Å²) in [6.07, 6.45) is 0. The molecular formula is C44H33NOSi. The molecule has 1 aliphatic rings. The molecule has 0 saturated heterocycles. The van der Waals surface area contributed by atoms with E-state index in [1.54, 1.807) is 0 Å². The summed E-state index contributed by atoms with van der Waals surface area (Å²) in [5, 5.41) is 5.25. The molecule has 1 aliphatic heterocycles. The van der Waals surface area contributed by atoms with E-state index in [0.717, 1.165) is 28.2 Å². The van der Waals surface area contributed by atoms with Crippen molar-refractivity contribution in [3.05, 3.63) is 164 Å². The molecule has 7 aromatic carbocycles. The average molecular weight is 620 g/mol. The van der Waals surface area contributed by atoms with Crippen LogP contribution in [0.25, 0.3) is 55.3 Å².